The first-order valence-electron chi connectivity index (χ1n) is 2.19. The Bertz CT molecular complexity index is 147. The third-order valence-electron chi connectivity index (χ3n) is 0.507. The molecule has 0 aromatic carbocycles. The standard InChI is InChI=1S/C5H6O4.Li.H/c1-2-3-9-5(8)4(6)7;;/h2H,1,3H2,(H,6,7);;/q;+1;-1. The number of hydrogen-bond acceptors (Lipinski definition) is 3. The van der Waals surface area contributed by atoms with Gasteiger partial charge in [-0.05, 0) is 0 Å². The molecule has 0 unspecified atom stereocenters. The first kappa shape index (κ1) is 12.0. The molecule has 0 aliphatic rings. The van der Waals surface area contributed by atoms with Crippen LogP contribution in [0.1, 0.15) is 1.43 Å². The van der Waals surface area contributed by atoms with Crippen molar-refractivity contribution in [1.82, 2.24) is 0 Å². The Morgan fingerprint density at radius 2 is 2.20 bits per heavy atom. The summed E-state index contributed by atoms with van der Waals surface area (Å²) in [4.78, 5) is 19.7. The Kier molecular flexibility index (Phi) is 7.68. The Morgan fingerprint density at radius 3 is 2.50 bits per heavy atom. The monoisotopic (exact) mass is 138 g/mol. The molecule has 0 atom stereocenters. The van der Waals surface area contributed by atoms with Gasteiger partial charge in [-0.25, -0.2) is 9.59 Å². The van der Waals surface area contributed by atoms with E-state index in [1.165, 1.54) is 6.08 Å². The molecular weight excluding hydrogens is 131 g/mol. The fourth-order valence-corrected chi connectivity index (χ4v) is 0.196. The summed E-state index contributed by atoms with van der Waals surface area (Å²) in [6.07, 6.45) is 1.29. The third-order valence-corrected chi connectivity index (χ3v) is 0.507. The summed E-state index contributed by atoms with van der Waals surface area (Å²) >= 11 is 0. The molecular formula is C5H7LiO4. The number of carboxylic acids is 1. The molecule has 0 amide bonds. The van der Waals surface area contributed by atoms with E-state index in [2.05, 4.69) is 11.3 Å². The van der Waals surface area contributed by atoms with Crippen molar-refractivity contribution in [3.63, 3.8) is 0 Å². The van der Waals surface area contributed by atoms with Crippen LogP contribution in [0.25, 0.3) is 0 Å². The van der Waals surface area contributed by atoms with Crippen molar-refractivity contribution in [3.05, 3.63) is 12.7 Å². The largest absolute Gasteiger partial charge is 1.00 e. The summed E-state index contributed by atoms with van der Waals surface area (Å²) < 4.78 is 4.10. The van der Waals surface area contributed by atoms with Gasteiger partial charge in [0.05, 0.1) is 0 Å². The number of ether oxygens (including phenoxy) is 1. The van der Waals surface area contributed by atoms with E-state index >= 15 is 0 Å². The third kappa shape index (κ3) is 5.41. The van der Waals surface area contributed by atoms with Crippen LogP contribution in [-0.4, -0.2) is 23.7 Å². The van der Waals surface area contributed by atoms with Gasteiger partial charge in [-0.3, -0.25) is 0 Å². The van der Waals surface area contributed by atoms with Gasteiger partial charge in [-0.2, -0.15) is 0 Å². The van der Waals surface area contributed by atoms with Gasteiger partial charge in [0.1, 0.15) is 6.61 Å². The predicted molar refractivity (Wildman–Crippen MR) is 29.9 cm³/mol. The first-order chi connectivity index (χ1) is 4.18. The van der Waals surface area contributed by atoms with Crippen LogP contribution in [0.4, 0.5) is 0 Å². The zero-order chi connectivity index (χ0) is 7.28. The van der Waals surface area contributed by atoms with E-state index in [1.807, 2.05) is 0 Å². The van der Waals surface area contributed by atoms with Gasteiger partial charge in [0.25, 0.3) is 0 Å². The number of carbonyl (C=O) groups excluding carboxylic acids is 1. The van der Waals surface area contributed by atoms with Crippen LogP contribution in [0.5, 0.6) is 0 Å². The van der Waals surface area contributed by atoms with E-state index in [1.54, 1.807) is 0 Å². The van der Waals surface area contributed by atoms with E-state index < -0.39 is 11.9 Å². The summed E-state index contributed by atoms with van der Waals surface area (Å²) in [7, 11) is 0. The fourth-order valence-electron chi connectivity index (χ4n) is 0.196. The van der Waals surface area contributed by atoms with E-state index in [0.29, 0.717) is 0 Å². The number of carbonyl (C=O) groups is 2. The van der Waals surface area contributed by atoms with Crippen LogP contribution < -0.4 is 18.9 Å². The van der Waals surface area contributed by atoms with Crippen molar-refractivity contribution in [2.24, 2.45) is 0 Å². The average molecular weight is 138 g/mol. The molecule has 0 fully saturated rings. The van der Waals surface area contributed by atoms with Crippen molar-refractivity contribution in [2.75, 3.05) is 6.61 Å². The second kappa shape index (κ2) is 6.40. The summed E-state index contributed by atoms with van der Waals surface area (Å²) in [5.74, 6) is -2.84. The smallest absolute Gasteiger partial charge is 1.00 e. The van der Waals surface area contributed by atoms with Crippen LogP contribution in [0, 0.1) is 0 Å². The topological polar surface area (TPSA) is 63.6 Å². The minimum atomic E-state index is -1.59. The number of hydrogen-bond donors (Lipinski definition) is 1. The van der Waals surface area contributed by atoms with Gasteiger partial charge in [0.2, 0.25) is 0 Å². The molecule has 10 heavy (non-hydrogen) atoms. The predicted octanol–water partition coefficient (Wildman–Crippen LogP) is -3.08. The maximum absolute atomic E-state index is 10.0. The second-order valence-electron chi connectivity index (χ2n) is 1.19. The van der Waals surface area contributed by atoms with Crippen LogP contribution >= 0.6 is 0 Å². The molecule has 0 aliphatic carbocycles. The first-order valence-corrected chi connectivity index (χ1v) is 2.19. The minimum Gasteiger partial charge on any atom is -1.00 e. The summed E-state index contributed by atoms with van der Waals surface area (Å²) in [6.45, 7) is 3.16. The van der Waals surface area contributed by atoms with Crippen molar-refractivity contribution < 1.29 is 39.7 Å². The van der Waals surface area contributed by atoms with Gasteiger partial charge in [-0.1, -0.05) is 12.7 Å². The maximum Gasteiger partial charge on any atom is 1.00 e. The molecule has 1 N–H and O–H groups in total. The second-order valence-corrected chi connectivity index (χ2v) is 1.19. The van der Waals surface area contributed by atoms with Gasteiger partial charge in [0.15, 0.2) is 0 Å². The SMILES string of the molecule is C=CCOC(=O)C(=O)O.[H-].[Li+]. The molecule has 0 aliphatic heterocycles. The van der Waals surface area contributed by atoms with Gasteiger partial charge >= 0.3 is 30.8 Å². The van der Waals surface area contributed by atoms with Crippen LogP contribution in [0.15, 0.2) is 12.7 Å². The average Bonchev–Trinajstić information content (AvgIpc) is 1.82. The Balaban J connectivity index is -0.000000320. The molecule has 0 heterocycles. The van der Waals surface area contributed by atoms with E-state index in [9.17, 15) is 9.59 Å². The maximum atomic E-state index is 10.0. The Hall–Kier alpha value is -0.723. The summed E-state index contributed by atoms with van der Waals surface area (Å²) in [5.41, 5.74) is 0. The van der Waals surface area contributed by atoms with Crippen LogP contribution in [0.2, 0.25) is 0 Å². The number of esters is 1. The van der Waals surface area contributed by atoms with Gasteiger partial charge < -0.3 is 11.3 Å². The van der Waals surface area contributed by atoms with Crippen LogP contribution in [-0.2, 0) is 14.3 Å². The number of rotatable bonds is 2. The van der Waals surface area contributed by atoms with E-state index in [0.717, 1.165) is 0 Å². The molecule has 5 heteroatoms. The van der Waals surface area contributed by atoms with Crippen molar-refractivity contribution in [3.8, 4) is 0 Å². The Labute approximate surface area is 71.5 Å². The molecule has 0 saturated heterocycles. The quantitative estimate of drug-likeness (QED) is 0.190. The van der Waals surface area contributed by atoms with Crippen LogP contribution in [0.3, 0.4) is 0 Å². The molecule has 0 saturated carbocycles. The van der Waals surface area contributed by atoms with E-state index in [-0.39, 0.29) is 26.9 Å². The van der Waals surface area contributed by atoms with Crippen molar-refractivity contribution >= 4 is 11.9 Å². The fraction of sp³-hybridized carbons (Fsp3) is 0.200. The zero-order valence-electron chi connectivity index (χ0n) is 6.66. The summed E-state index contributed by atoms with van der Waals surface area (Å²) in [6, 6.07) is 0. The van der Waals surface area contributed by atoms with Crippen molar-refractivity contribution in [2.45, 2.75) is 0 Å². The molecule has 0 radical (unpaired) electrons. The number of aliphatic carboxylic acids is 1. The normalized spacial score (nSPS) is 7.20. The van der Waals surface area contributed by atoms with Gasteiger partial charge in [0, 0.05) is 0 Å². The molecule has 4 nitrogen and oxygen atoms in total. The zero-order valence-corrected chi connectivity index (χ0v) is 5.66. The molecule has 52 valence electrons. The molecule has 0 aromatic rings. The summed E-state index contributed by atoms with van der Waals surface area (Å²) in [5, 5.41) is 7.90. The molecule has 0 aromatic heterocycles. The molecule has 0 rings (SSSR count). The Morgan fingerprint density at radius 1 is 1.70 bits per heavy atom. The van der Waals surface area contributed by atoms with Crippen molar-refractivity contribution in [1.29, 1.82) is 0 Å². The minimum absolute atomic E-state index is 0. The van der Waals surface area contributed by atoms with Gasteiger partial charge in [-0.15, -0.1) is 0 Å². The molecule has 0 spiro atoms. The molecule has 0 bridgehead atoms. The van der Waals surface area contributed by atoms with E-state index in [4.69, 9.17) is 5.11 Å². The number of carboxylic acid groups (broad SMARTS) is 1.